The highest BCUT2D eigenvalue weighted by molar-refractivity contribution is 5.06. The minimum absolute atomic E-state index is 0.784. The molecule has 0 aliphatic carbocycles. The van der Waals surface area contributed by atoms with E-state index in [2.05, 4.69) is 41.9 Å². The zero-order chi connectivity index (χ0) is 11.3. The van der Waals surface area contributed by atoms with Crippen molar-refractivity contribution in [3.05, 3.63) is 17.5 Å². The van der Waals surface area contributed by atoms with E-state index in [4.69, 9.17) is 0 Å². The Morgan fingerprint density at radius 1 is 1.33 bits per heavy atom. The molecule has 3 nitrogen and oxygen atoms in total. The maximum atomic E-state index is 4.42. The molecule has 15 heavy (non-hydrogen) atoms. The van der Waals surface area contributed by atoms with Crippen molar-refractivity contribution >= 4 is 0 Å². The molecule has 0 saturated heterocycles. The molecular weight excluding hydrogens is 186 g/mol. The van der Waals surface area contributed by atoms with E-state index < -0.39 is 0 Å². The molecule has 0 aliphatic heterocycles. The van der Waals surface area contributed by atoms with E-state index in [9.17, 15) is 0 Å². The molecule has 0 unspecified atom stereocenters. The molecule has 1 N–H and O–H groups in total. The summed E-state index contributed by atoms with van der Waals surface area (Å²) in [4.78, 5) is 0. The van der Waals surface area contributed by atoms with Gasteiger partial charge in [-0.3, -0.25) is 4.68 Å². The molecule has 0 amide bonds. The standard InChI is InChI=1S/C12H23N3/c1-10(2)5-6-13-7-8-15-12(4)9-11(3)14-15/h9-10,13H,5-8H2,1-4H3. The highest BCUT2D eigenvalue weighted by Crippen LogP contribution is 2.00. The number of nitrogens with zero attached hydrogens (tertiary/aromatic N) is 2. The van der Waals surface area contributed by atoms with E-state index in [1.807, 2.05) is 6.92 Å². The molecule has 0 radical (unpaired) electrons. The normalized spacial score (nSPS) is 11.3. The average Bonchev–Trinajstić information content (AvgIpc) is 2.44. The van der Waals surface area contributed by atoms with Gasteiger partial charge >= 0.3 is 0 Å². The number of nitrogens with one attached hydrogen (secondary N) is 1. The van der Waals surface area contributed by atoms with E-state index in [0.717, 1.165) is 31.2 Å². The summed E-state index contributed by atoms with van der Waals surface area (Å²) in [5.41, 5.74) is 2.35. The Morgan fingerprint density at radius 3 is 2.60 bits per heavy atom. The van der Waals surface area contributed by atoms with Crippen LogP contribution in [0.3, 0.4) is 0 Å². The smallest absolute Gasteiger partial charge is 0.0596 e. The first-order valence-corrected chi connectivity index (χ1v) is 5.81. The summed E-state index contributed by atoms with van der Waals surface area (Å²) < 4.78 is 2.07. The van der Waals surface area contributed by atoms with E-state index in [1.165, 1.54) is 12.1 Å². The van der Waals surface area contributed by atoms with Crippen LogP contribution in [0.25, 0.3) is 0 Å². The van der Waals surface area contributed by atoms with Crippen molar-refractivity contribution in [3.8, 4) is 0 Å². The minimum Gasteiger partial charge on any atom is -0.315 e. The molecular formula is C12H23N3. The molecule has 0 atom stereocenters. The molecule has 1 heterocycles. The van der Waals surface area contributed by atoms with Gasteiger partial charge in [0.25, 0.3) is 0 Å². The maximum Gasteiger partial charge on any atom is 0.0596 e. The summed E-state index contributed by atoms with van der Waals surface area (Å²) in [5.74, 6) is 0.784. The number of aryl methyl sites for hydroxylation is 2. The molecule has 0 aromatic carbocycles. The molecule has 0 spiro atoms. The Kier molecular flexibility index (Phi) is 4.82. The van der Waals surface area contributed by atoms with E-state index in [-0.39, 0.29) is 0 Å². The monoisotopic (exact) mass is 209 g/mol. The van der Waals surface area contributed by atoms with Gasteiger partial charge in [0.2, 0.25) is 0 Å². The van der Waals surface area contributed by atoms with Crippen molar-refractivity contribution in [2.24, 2.45) is 5.92 Å². The predicted molar refractivity (Wildman–Crippen MR) is 64.0 cm³/mol. The quantitative estimate of drug-likeness (QED) is 0.727. The predicted octanol–water partition coefficient (Wildman–Crippen LogP) is 2.14. The van der Waals surface area contributed by atoms with Crippen molar-refractivity contribution in [3.63, 3.8) is 0 Å². The molecule has 1 aromatic heterocycles. The first kappa shape index (κ1) is 12.2. The summed E-state index contributed by atoms with van der Waals surface area (Å²) in [5, 5.41) is 7.86. The lowest BCUT2D eigenvalue weighted by molar-refractivity contribution is 0.500. The Morgan fingerprint density at radius 2 is 2.07 bits per heavy atom. The average molecular weight is 209 g/mol. The summed E-state index contributed by atoms with van der Waals surface area (Å²) in [7, 11) is 0. The number of hydrogen-bond donors (Lipinski definition) is 1. The fourth-order valence-corrected chi connectivity index (χ4v) is 1.60. The van der Waals surface area contributed by atoms with Gasteiger partial charge in [-0.1, -0.05) is 13.8 Å². The van der Waals surface area contributed by atoms with Crippen LogP contribution in [0.15, 0.2) is 6.07 Å². The first-order chi connectivity index (χ1) is 7.09. The number of hydrogen-bond acceptors (Lipinski definition) is 2. The minimum atomic E-state index is 0.784. The summed E-state index contributed by atoms with van der Waals surface area (Å²) in [6.45, 7) is 11.7. The molecule has 1 rings (SSSR count). The highest BCUT2D eigenvalue weighted by Gasteiger charge is 1.99. The summed E-state index contributed by atoms with van der Waals surface area (Å²) in [6, 6.07) is 2.12. The van der Waals surface area contributed by atoms with Crippen molar-refractivity contribution in [1.82, 2.24) is 15.1 Å². The lowest BCUT2D eigenvalue weighted by Gasteiger charge is -2.08. The van der Waals surface area contributed by atoms with E-state index >= 15 is 0 Å². The number of aromatic nitrogens is 2. The molecule has 1 aromatic rings. The van der Waals surface area contributed by atoms with Gasteiger partial charge in [0.15, 0.2) is 0 Å². The van der Waals surface area contributed by atoms with Crippen LogP contribution >= 0.6 is 0 Å². The van der Waals surface area contributed by atoms with Gasteiger partial charge in [-0.2, -0.15) is 5.10 Å². The van der Waals surface area contributed by atoms with Crippen molar-refractivity contribution < 1.29 is 0 Å². The van der Waals surface area contributed by atoms with E-state index in [1.54, 1.807) is 0 Å². The van der Waals surface area contributed by atoms with Gasteiger partial charge < -0.3 is 5.32 Å². The fourth-order valence-electron chi connectivity index (χ4n) is 1.60. The van der Waals surface area contributed by atoms with Gasteiger partial charge in [-0.25, -0.2) is 0 Å². The molecule has 86 valence electrons. The van der Waals surface area contributed by atoms with Crippen molar-refractivity contribution in [2.75, 3.05) is 13.1 Å². The topological polar surface area (TPSA) is 29.9 Å². The molecule has 0 saturated carbocycles. The van der Waals surface area contributed by atoms with Gasteiger partial charge in [0.05, 0.1) is 12.2 Å². The third kappa shape index (κ3) is 4.47. The lowest BCUT2D eigenvalue weighted by Crippen LogP contribution is -2.22. The second-order valence-electron chi connectivity index (χ2n) is 4.58. The maximum absolute atomic E-state index is 4.42. The SMILES string of the molecule is Cc1cc(C)n(CCNCCC(C)C)n1. The molecule has 0 fully saturated rings. The second kappa shape index (κ2) is 5.91. The van der Waals surface area contributed by atoms with Crippen LogP contribution in [0.4, 0.5) is 0 Å². The van der Waals surface area contributed by atoms with Gasteiger partial charge in [0, 0.05) is 12.2 Å². The Labute approximate surface area is 92.9 Å². The van der Waals surface area contributed by atoms with Gasteiger partial charge in [0.1, 0.15) is 0 Å². The molecule has 0 bridgehead atoms. The van der Waals surface area contributed by atoms with Crippen LogP contribution in [0.5, 0.6) is 0 Å². The van der Waals surface area contributed by atoms with Gasteiger partial charge in [-0.15, -0.1) is 0 Å². The zero-order valence-corrected chi connectivity index (χ0v) is 10.4. The second-order valence-corrected chi connectivity index (χ2v) is 4.58. The van der Waals surface area contributed by atoms with Crippen LogP contribution in [-0.4, -0.2) is 22.9 Å². The highest BCUT2D eigenvalue weighted by atomic mass is 15.3. The lowest BCUT2D eigenvalue weighted by atomic mass is 10.1. The van der Waals surface area contributed by atoms with Crippen molar-refractivity contribution in [1.29, 1.82) is 0 Å². The summed E-state index contributed by atoms with van der Waals surface area (Å²) >= 11 is 0. The van der Waals surface area contributed by atoms with Crippen LogP contribution < -0.4 is 5.32 Å². The van der Waals surface area contributed by atoms with Crippen LogP contribution in [-0.2, 0) is 6.54 Å². The Bertz CT molecular complexity index is 289. The molecule has 3 heteroatoms. The Balaban J connectivity index is 2.17. The van der Waals surface area contributed by atoms with E-state index in [0.29, 0.717) is 0 Å². The van der Waals surface area contributed by atoms with Crippen LogP contribution in [0.1, 0.15) is 31.7 Å². The third-order valence-corrected chi connectivity index (χ3v) is 2.50. The van der Waals surface area contributed by atoms with Crippen molar-refractivity contribution in [2.45, 2.75) is 40.7 Å². The third-order valence-electron chi connectivity index (χ3n) is 2.50. The fraction of sp³-hybridized carbons (Fsp3) is 0.750. The number of rotatable bonds is 6. The van der Waals surface area contributed by atoms with Crippen LogP contribution in [0.2, 0.25) is 0 Å². The summed E-state index contributed by atoms with van der Waals surface area (Å²) in [6.07, 6.45) is 1.25. The van der Waals surface area contributed by atoms with Gasteiger partial charge in [-0.05, 0) is 38.8 Å². The Hall–Kier alpha value is -0.830. The first-order valence-electron chi connectivity index (χ1n) is 5.81. The van der Waals surface area contributed by atoms with Crippen LogP contribution in [0, 0.1) is 19.8 Å². The largest absolute Gasteiger partial charge is 0.315 e. The molecule has 0 aliphatic rings. The zero-order valence-electron chi connectivity index (χ0n) is 10.4.